The van der Waals surface area contributed by atoms with Crippen molar-refractivity contribution in [1.82, 2.24) is 10.5 Å². The van der Waals surface area contributed by atoms with E-state index in [4.69, 9.17) is 20.5 Å². The van der Waals surface area contributed by atoms with E-state index in [0.29, 0.717) is 27.1 Å². The summed E-state index contributed by atoms with van der Waals surface area (Å²) >= 11 is 7.38. The van der Waals surface area contributed by atoms with Crippen molar-refractivity contribution in [3.05, 3.63) is 81.2 Å². The van der Waals surface area contributed by atoms with E-state index in [0.717, 1.165) is 41.7 Å². The van der Waals surface area contributed by atoms with Gasteiger partial charge in [0.05, 0.1) is 18.4 Å². The maximum atomic E-state index is 13.1. The average molecular weight is 482 g/mol. The van der Waals surface area contributed by atoms with Crippen LogP contribution in [0.2, 0.25) is 5.02 Å². The largest absolute Gasteiger partial charge is 0.467 e. The molecule has 0 saturated carbocycles. The number of aryl methyl sites for hydroxylation is 1. The number of hydrogen-bond acceptors (Lipinski definition) is 6. The van der Waals surface area contributed by atoms with Gasteiger partial charge < -0.3 is 19.6 Å². The van der Waals surface area contributed by atoms with Gasteiger partial charge in [-0.3, -0.25) is 9.59 Å². The van der Waals surface area contributed by atoms with Crippen molar-refractivity contribution in [3.8, 4) is 11.3 Å². The van der Waals surface area contributed by atoms with Crippen molar-refractivity contribution in [2.75, 3.05) is 5.32 Å². The summed E-state index contributed by atoms with van der Waals surface area (Å²) in [4.78, 5) is 27.2. The fourth-order valence-corrected chi connectivity index (χ4v) is 5.27. The van der Waals surface area contributed by atoms with Crippen molar-refractivity contribution in [2.24, 2.45) is 0 Å². The van der Waals surface area contributed by atoms with Crippen LogP contribution in [0.1, 0.15) is 49.9 Å². The zero-order valence-corrected chi connectivity index (χ0v) is 19.1. The Hall–Kier alpha value is -3.36. The highest BCUT2D eigenvalue weighted by Crippen LogP contribution is 2.38. The summed E-state index contributed by atoms with van der Waals surface area (Å²) < 4.78 is 10.7. The predicted octanol–water partition coefficient (Wildman–Crippen LogP) is 5.71. The van der Waals surface area contributed by atoms with E-state index in [2.05, 4.69) is 15.8 Å². The molecular formula is C24H20ClN3O4S. The van der Waals surface area contributed by atoms with Crippen LogP contribution >= 0.6 is 22.9 Å². The molecule has 5 rings (SSSR count). The van der Waals surface area contributed by atoms with Gasteiger partial charge in [-0.05, 0) is 67.6 Å². The molecule has 7 nitrogen and oxygen atoms in total. The third-order valence-electron chi connectivity index (χ3n) is 5.50. The summed E-state index contributed by atoms with van der Waals surface area (Å²) in [6, 6.07) is 12.2. The molecule has 3 aromatic heterocycles. The topological polar surface area (TPSA) is 97.4 Å². The van der Waals surface area contributed by atoms with Gasteiger partial charge in [-0.25, -0.2) is 0 Å². The highest BCUT2D eigenvalue weighted by atomic mass is 35.5. The predicted molar refractivity (Wildman–Crippen MR) is 126 cm³/mol. The van der Waals surface area contributed by atoms with E-state index >= 15 is 0 Å². The SMILES string of the molecule is O=C(Nc1sc2c(c1C(=O)NCc1ccco1)CCCC2)c1cc(-c2ccc(Cl)cc2)on1. The van der Waals surface area contributed by atoms with Crippen molar-refractivity contribution in [2.45, 2.75) is 32.2 Å². The molecule has 9 heteroatoms. The quantitative estimate of drug-likeness (QED) is 0.367. The lowest BCUT2D eigenvalue weighted by Crippen LogP contribution is -2.25. The second kappa shape index (κ2) is 9.25. The molecule has 0 unspecified atom stereocenters. The second-order valence-corrected chi connectivity index (χ2v) is 9.26. The number of carbonyl (C=O) groups excluding carboxylic acids is 2. The van der Waals surface area contributed by atoms with E-state index in [9.17, 15) is 9.59 Å². The van der Waals surface area contributed by atoms with Gasteiger partial charge in [-0.1, -0.05) is 16.8 Å². The van der Waals surface area contributed by atoms with Gasteiger partial charge >= 0.3 is 0 Å². The Morgan fingerprint density at radius 2 is 1.91 bits per heavy atom. The molecule has 0 aliphatic heterocycles. The lowest BCUT2D eigenvalue weighted by atomic mass is 9.95. The number of fused-ring (bicyclic) bond motifs is 1. The van der Waals surface area contributed by atoms with Crippen molar-refractivity contribution >= 4 is 39.8 Å². The molecular weight excluding hydrogens is 462 g/mol. The summed E-state index contributed by atoms with van der Waals surface area (Å²) in [7, 11) is 0. The summed E-state index contributed by atoms with van der Waals surface area (Å²) in [6.45, 7) is 0.275. The van der Waals surface area contributed by atoms with Gasteiger partial charge in [0.2, 0.25) is 0 Å². The van der Waals surface area contributed by atoms with Crippen molar-refractivity contribution in [3.63, 3.8) is 0 Å². The molecule has 1 aromatic carbocycles. The number of carbonyl (C=O) groups is 2. The van der Waals surface area contributed by atoms with Crippen LogP contribution in [-0.2, 0) is 19.4 Å². The third-order valence-corrected chi connectivity index (χ3v) is 6.96. The molecule has 168 valence electrons. The number of halogens is 1. The Kier molecular flexibility index (Phi) is 6.02. The lowest BCUT2D eigenvalue weighted by Gasteiger charge is -2.13. The molecule has 33 heavy (non-hydrogen) atoms. The first-order valence-corrected chi connectivity index (χ1v) is 11.8. The molecule has 0 bridgehead atoms. The number of furan rings is 1. The molecule has 4 aromatic rings. The molecule has 0 atom stereocenters. The van der Waals surface area contributed by atoms with E-state index in [-0.39, 0.29) is 18.1 Å². The minimum absolute atomic E-state index is 0.133. The Morgan fingerprint density at radius 3 is 2.70 bits per heavy atom. The number of thiophene rings is 1. The number of nitrogens with one attached hydrogen (secondary N) is 2. The zero-order valence-electron chi connectivity index (χ0n) is 17.5. The number of rotatable bonds is 6. The first-order chi connectivity index (χ1) is 16.1. The van der Waals surface area contributed by atoms with Crippen LogP contribution in [0.3, 0.4) is 0 Å². The summed E-state index contributed by atoms with van der Waals surface area (Å²) in [5.41, 5.74) is 2.43. The lowest BCUT2D eigenvalue weighted by molar-refractivity contribution is 0.0948. The van der Waals surface area contributed by atoms with Crippen LogP contribution in [0.4, 0.5) is 5.00 Å². The highest BCUT2D eigenvalue weighted by molar-refractivity contribution is 7.17. The molecule has 0 spiro atoms. The van der Waals surface area contributed by atoms with Gasteiger partial charge in [0.25, 0.3) is 11.8 Å². The highest BCUT2D eigenvalue weighted by Gasteiger charge is 2.27. The van der Waals surface area contributed by atoms with E-state index in [1.807, 2.05) is 0 Å². The Labute approximate surface area is 198 Å². The smallest absolute Gasteiger partial charge is 0.278 e. The van der Waals surface area contributed by atoms with Crippen molar-refractivity contribution in [1.29, 1.82) is 0 Å². The molecule has 2 amide bonds. The molecule has 0 fully saturated rings. The monoisotopic (exact) mass is 481 g/mol. The molecule has 0 saturated heterocycles. The summed E-state index contributed by atoms with van der Waals surface area (Å²) in [6.07, 6.45) is 5.37. The number of aromatic nitrogens is 1. The van der Waals surface area contributed by atoms with Crippen LogP contribution in [0.25, 0.3) is 11.3 Å². The standard InChI is InChI=1S/C24H20ClN3O4S/c25-15-9-7-14(8-10-15)19-12-18(28-32-19)22(29)27-24-21(17-5-1-2-6-20(17)33-24)23(30)26-13-16-4-3-11-31-16/h3-4,7-12H,1-2,5-6,13H2,(H,26,30)(H,27,29). The fraction of sp³-hybridized carbons (Fsp3) is 0.208. The average Bonchev–Trinajstić information content (AvgIpc) is 3.57. The molecule has 3 heterocycles. The third kappa shape index (κ3) is 4.58. The van der Waals surface area contributed by atoms with Crippen LogP contribution in [-0.4, -0.2) is 17.0 Å². The summed E-state index contributed by atoms with van der Waals surface area (Å²) in [5.74, 6) is 0.454. The Balaban J connectivity index is 1.37. The van der Waals surface area contributed by atoms with E-state index in [1.54, 1.807) is 48.7 Å². The van der Waals surface area contributed by atoms with Crippen LogP contribution in [0.5, 0.6) is 0 Å². The molecule has 0 radical (unpaired) electrons. The fourth-order valence-electron chi connectivity index (χ4n) is 3.86. The van der Waals surface area contributed by atoms with Crippen molar-refractivity contribution < 1.29 is 18.5 Å². The normalized spacial score (nSPS) is 12.9. The van der Waals surface area contributed by atoms with Crippen LogP contribution in [0, 0.1) is 0 Å². The number of hydrogen-bond donors (Lipinski definition) is 2. The molecule has 1 aliphatic carbocycles. The first-order valence-electron chi connectivity index (χ1n) is 10.6. The van der Waals surface area contributed by atoms with Gasteiger partial charge in [0.15, 0.2) is 11.5 Å². The second-order valence-electron chi connectivity index (χ2n) is 7.71. The zero-order chi connectivity index (χ0) is 22.8. The van der Waals surface area contributed by atoms with Crippen LogP contribution < -0.4 is 10.6 Å². The maximum Gasteiger partial charge on any atom is 0.278 e. The minimum Gasteiger partial charge on any atom is -0.467 e. The van der Waals surface area contributed by atoms with Gasteiger partial charge in [-0.2, -0.15) is 0 Å². The first kappa shape index (κ1) is 21.5. The van der Waals surface area contributed by atoms with Gasteiger partial charge in [0, 0.05) is 21.5 Å². The summed E-state index contributed by atoms with van der Waals surface area (Å²) in [5, 5.41) is 10.8. The molecule has 2 N–H and O–H groups in total. The maximum absolute atomic E-state index is 13.1. The minimum atomic E-state index is -0.433. The van der Waals surface area contributed by atoms with E-state index < -0.39 is 5.91 Å². The number of amides is 2. The number of nitrogens with zero attached hydrogens (tertiary/aromatic N) is 1. The van der Waals surface area contributed by atoms with E-state index in [1.165, 1.54) is 11.3 Å². The van der Waals surface area contributed by atoms with Gasteiger partial charge in [0.1, 0.15) is 10.8 Å². The number of benzene rings is 1. The Bertz CT molecular complexity index is 1290. The number of anilines is 1. The van der Waals surface area contributed by atoms with Gasteiger partial charge in [-0.15, -0.1) is 11.3 Å². The Morgan fingerprint density at radius 1 is 1.09 bits per heavy atom. The van der Waals surface area contributed by atoms with Crippen LogP contribution in [0.15, 0.2) is 57.7 Å². The molecule has 1 aliphatic rings.